The molecule has 0 spiro atoms. The summed E-state index contributed by atoms with van der Waals surface area (Å²) in [7, 11) is 4.90. The van der Waals surface area contributed by atoms with Gasteiger partial charge < -0.3 is 9.64 Å². The Morgan fingerprint density at radius 3 is 2.58 bits per heavy atom. The summed E-state index contributed by atoms with van der Waals surface area (Å²) in [5, 5.41) is 5.54. The molecule has 11 nitrogen and oxygen atoms in total. The number of carbonyl (C=O) groups excluding carboxylic acids is 1. The second-order valence-electron chi connectivity index (χ2n) is 8.87. The molecule has 1 amide bonds. The van der Waals surface area contributed by atoms with Gasteiger partial charge in [0.1, 0.15) is 16.8 Å². The van der Waals surface area contributed by atoms with Crippen LogP contribution in [0.5, 0.6) is 5.75 Å². The SMILES string of the molecule is COc1ccc(Cn2ncc3c(-n4c(=O)c5cnc(Cl)nc5n5cc(C(=O)N(C)C)nc45)cccc32)cc1. The number of hydrogen-bond acceptors (Lipinski definition) is 7. The van der Waals surface area contributed by atoms with Gasteiger partial charge in [-0.25, -0.2) is 14.5 Å². The van der Waals surface area contributed by atoms with E-state index in [1.807, 2.05) is 47.1 Å². The van der Waals surface area contributed by atoms with Gasteiger partial charge >= 0.3 is 0 Å². The highest BCUT2D eigenvalue weighted by atomic mass is 35.5. The molecule has 0 atom stereocenters. The van der Waals surface area contributed by atoms with E-state index in [0.29, 0.717) is 12.2 Å². The second kappa shape index (κ2) is 8.96. The summed E-state index contributed by atoms with van der Waals surface area (Å²) in [5.74, 6) is 0.683. The van der Waals surface area contributed by atoms with E-state index in [1.165, 1.54) is 15.7 Å². The monoisotopic (exact) mass is 528 g/mol. The van der Waals surface area contributed by atoms with Crippen molar-refractivity contribution < 1.29 is 9.53 Å². The molecule has 4 heterocycles. The molecule has 6 aromatic rings. The Balaban J connectivity index is 1.58. The van der Waals surface area contributed by atoms with E-state index >= 15 is 0 Å². The van der Waals surface area contributed by atoms with Crippen molar-refractivity contribution >= 4 is 45.2 Å². The van der Waals surface area contributed by atoms with Crippen molar-refractivity contribution in [2.45, 2.75) is 6.54 Å². The molecule has 0 radical (unpaired) electrons. The van der Waals surface area contributed by atoms with Crippen LogP contribution in [0.1, 0.15) is 16.1 Å². The largest absolute Gasteiger partial charge is 0.497 e. The van der Waals surface area contributed by atoms with E-state index in [1.54, 1.807) is 38.0 Å². The molecule has 0 aliphatic heterocycles. The fourth-order valence-electron chi connectivity index (χ4n) is 4.44. The van der Waals surface area contributed by atoms with Crippen LogP contribution < -0.4 is 10.3 Å². The van der Waals surface area contributed by atoms with Crippen LogP contribution in [0.25, 0.3) is 33.4 Å². The molecule has 190 valence electrons. The Bertz CT molecular complexity index is 1920. The number of rotatable bonds is 5. The van der Waals surface area contributed by atoms with Gasteiger partial charge in [-0.15, -0.1) is 0 Å². The average molecular weight is 529 g/mol. The van der Waals surface area contributed by atoms with Gasteiger partial charge in [-0.1, -0.05) is 18.2 Å². The molecule has 0 fully saturated rings. The van der Waals surface area contributed by atoms with Crippen molar-refractivity contribution in [1.82, 2.24) is 38.6 Å². The summed E-state index contributed by atoms with van der Waals surface area (Å²) in [6.07, 6.45) is 4.64. The number of benzene rings is 2. The third kappa shape index (κ3) is 3.75. The van der Waals surface area contributed by atoms with E-state index in [0.717, 1.165) is 22.2 Å². The summed E-state index contributed by atoms with van der Waals surface area (Å²) in [5.41, 5.74) is 2.45. The molecule has 2 aromatic carbocycles. The number of halogens is 1. The fraction of sp³-hybridized carbons (Fsp3) is 0.154. The predicted octanol–water partition coefficient (Wildman–Crippen LogP) is 3.19. The molecular formula is C26H21ClN8O3. The number of aromatic nitrogens is 7. The van der Waals surface area contributed by atoms with Gasteiger partial charge in [0.05, 0.1) is 31.1 Å². The Kier molecular flexibility index (Phi) is 5.57. The molecule has 0 N–H and O–H groups in total. The highest BCUT2D eigenvalue weighted by Crippen LogP contribution is 2.25. The molecule has 0 bridgehead atoms. The fourth-order valence-corrected chi connectivity index (χ4v) is 4.57. The maximum Gasteiger partial charge on any atom is 0.273 e. The van der Waals surface area contributed by atoms with Crippen LogP contribution in [0.3, 0.4) is 0 Å². The van der Waals surface area contributed by atoms with E-state index in [2.05, 4.69) is 20.1 Å². The van der Waals surface area contributed by atoms with Crippen LogP contribution in [0.4, 0.5) is 0 Å². The van der Waals surface area contributed by atoms with Crippen LogP contribution in [-0.4, -0.2) is 65.7 Å². The van der Waals surface area contributed by atoms with Gasteiger partial charge in [0, 0.05) is 31.9 Å². The lowest BCUT2D eigenvalue weighted by molar-refractivity contribution is 0.0822. The first kappa shape index (κ1) is 23.6. The molecule has 4 aromatic heterocycles. The Morgan fingerprint density at radius 1 is 1.05 bits per heavy atom. The predicted molar refractivity (Wildman–Crippen MR) is 142 cm³/mol. The zero-order valence-electron chi connectivity index (χ0n) is 20.7. The van der Waals surface area contributed by atoms with Crippen molar-refractivity contribution in [3.05, 3.63) is 87.9 Å². The van der Waals surface area contributed by atoms with Gasteiger partial charge in [0.2, 0.25) is 11.1 Å². The van der Waals surface area contributed by atoms with Crippen LogP contribution in [-0.2, 0) is 6.54 Å². The van der Waals surface area contributed by atoms with Crippen LogP contribution >= 0.6 is 11.6 Å². The first-order valence-corrected chi connectivity index (χ1v) is 12.0. The van der Waals surface area contributed by atoms with E-state index in [-0.39, 0.29) is 33.7 Å². The minimum Gasteiger partial charge on any atom is -0.497 e. The lowest BCUT2D eigenvalue weighted by atomic mass is 10.2. The summed E-state index contributed by atoms with van der Waals surface area (Å²) in [6.45, 7) is 0.524. The van der Waals surface area contributed by atoms with Gasteiger partial charge in [0.15, 0.2) is 5.65 Å². The third-order valence-corrected chi connectivity index (χ3v) is 6.49. The number of carbonyl (C=O) groups is 1. The standard InChI is InChI=1S/C26H21ClN8O3/c1-32(2)24(37)19-14-33-22-18(11-28-25(27)31-22)23(36)35(26(33)30-19)21-6-4-5-20-17(21)12-29-34(20)13-15-7-9-16(38-3)10-8-15/h4-12,14H,13H2,1-3H3. The minimum absolute atomic E-state index is 0.0213. The van der Waals surface area contributed by atoms with E-state index < -0.39 is 5.56 Å². The lowest BCUT2D eigenvalue weighted by Gasteiger charge is -2.11. The number of amides is 1. The maximum atomic E-state index is 13.8. The Labute approximate surface area is 220 Å². The highest BCUT2D eigenvalue weighted by Gasteiger charge is 2.22. The van der Waals surface area contributed by atoms with E-state index in [9.17, 15) is 9.59 Å². The Morgan fingerprint density at radius 2 is 1.84 bits per heavy atom. The normalized spacial score (nSPS) is 11.5. The van der Waals surface area contributed by atoms with Crippen LogP contribution in [0.2, 0.25) is 5.28 Å². The Hall–Kier alpha value is -4.77. The van der Waals surface area contributed by atoms with Gasteiger partial charge in [0.25, 0.3) is 11.5 Å². The average Bonchev–Trinajstić information content (AvgIpc) is 3.54. The lowest BCUT2D eigenvalue weighted by Crippen LogP contribution is -2.23. The van der Waals surface area contributed by atoms with Gasteiger partial charge in [-0.3, -0.25) is 18.7 Å². The van der Waals surface area contributed by atoms with Crippen molar-refractivity contribution in [2.75, 3.05) is 21.2 Å². The first-order chi connectivity index (χ1) is 18.4. The molecule has 38 heavy (non-hydrogen) atoms. The molecule has 12 heteroatoms. The number of ether oxygens (including phenoxy) is 1. The molecule has 0 unspecified atom stereocenters. The molecule has 6 rings (SSSR count). The summed E-state index contributed by atoms with van der Waals surface area (Å²) >= 11 is 6.05. The quantitative estimate of drug-likeness (QED) is 0.316. The third-order valence-electron chi connectivity index (χ3n) is 6.31. The molecule has 0 saturated heterocycles. The number of nitrogens with zero attached hydrogens (tertiary/aromatic N) is 8. The van der Waals surface area contributed by atoms with Crippen LogP contribution in [0.15, 0.2) is 65.8 Å². The topological polar surface area (TPSA) is 112 Å². The molecule has 0 aliphatic carbocycles. The number of hydrogen-bond donors (Lipinski definition) is 0. The zero-order chi connectivity index (χ0) is 26.6. The van der Waals surface area contributed by atoms with Gasteiger partial charge in [-0.2, -0.15) is 10.1 Å². The number of methoxy groups -OCH3 is 1. The van der Waals surface area contributed by atoms with Crippen molar-refractivity contribution in [1.29, 1.82) is 0 Å². The zero-order valence-corrected chi connectivity index (χ0v) is 21.4. The molecule has 0 aliphatic rings. The van der Waals surface area contributed by atoms with Gasteiger partial charge in [-0.05, 0) is 41.4 Å². The molecular weight excluding hydrogens is 508 g/mol. The van der Waals surface area contributed by atoms with Crippen molar-refractivity contribution in [3.8, 4) is 11.4 Å². The van der Waals surface area contributed by atoms with Crippen molar-refractivity contribution in [3.63, 3.8) is 0 Å². The second-order valence-corrected chi connectivity index (χ2v) is 9.21. The highest BCUT2D eigenvalue weighted by molar-refractivity contribution is 6.28. The number of fused-ring (bicyclic) bond motifs is 4. The summed E-state index contributed by atoms with van der Waals surface area (Å²) < 4.78 is 10.1. The van der Waals surface area contributed by atoms with Crippen molar-refractivity contribution in [2.24, 2.45) is 0 Å². The minimum atomic E-state index is -0.394. The smallest absolute Gasteiger partial charge is 0.273 e. The maximum absolute atomic E-state index is 13.8. The van der Waals surface area contributed by atoms with E-state index in [4.69, 9.17) is 16.3 Å². The summed E-state index contributed by atoms with van der Waals surface area (Å²) in [6, 6.07) is 13.4. The first-order valence-electron chi connectivity index (χ1n) is 11.6. The number of imidazole rings is 1. The van der Waals surface area contributed by atoms with Crippen LogP contribution in [0, 0.1) is 0 Å². The molecule has 0 saturated carbocycles. The summed E-state index contributed by atoms with van der Waals surface area (Å²) in [4.78, 5) is 40.8.